The van der Waals surface area contributed by atoms with Gasteiger partial charge in [0.2, 0.25) is 5.91 Å². The fourth-order valence-corrected chi connectivity index (χ4v) is 2.02. The van der Waals surface area contributed by atoms with E-state index in [-0.39, 0.29) is 12.5 Å². The van der Waals surface area contributed by atoms with E-state index >= 15 is 0 Å². The van der Waals surface area contributed by atoms with Gasteiger partial charge in [-0.3, -0.25) is 9.59 Å². The Hall–Kier alpha value is -2.08. The summed E-state index contributed by atoms with van der Waals surface area (Å²) in [5.74, 6) is -0.232. The van der Waals surface area contributed by atoms with Crippen LogP contribution in [0.1, 0.15) is 13.8 Å². The second-order valence-electron chi connectivity index (χ2n) is 5.27. The van der Waals surface area contributed by atoms with E-state index in [1.54, 1.807) is 44.0 Å². The number of fused-ring (bicyclic) bond motifs is 1. The molecule has 0 saturated carbocycles. The zero-order valence-corrected chi connectivity index (χ0v) is 11.8. The summed E-state index contributed by atoms with van der Waals surface area (Å²) in [6, 6.07) is 7.11. The lowest BCUT2D eigenvalue weighted by Crippen LogP contribution is -2.58. The Bertz CT molecular complexity index is 542. The summed E-state index contributed by atoms with van der Waals surface area (Å²) in [6.07, 6.45) is -0.832. The number of carbonyl (C=O) groups excluding carboxylic acids is 2. The normalized spacial score (nSPS) is 18.1. The highest BCUT2D eigenvalue weighted by atomic mass is 16.5. The first-order valence-corrected chi connectivity index (χ1v) is 6.42. The number of benzene rings is 1. The first kappa shape index (κ1) is 14.3. The molecule has 1 aromatic rings. The number of rotatable bonds is 3. The van der Waals surface area contributed by atoms with Gasteiger partial charge in [-0.05, 0) is 33.0 Å². The van der Waals surface area contributed by atoms with Crippen molar-refractivity contribution in [1.29, 1.82) is 0 Å². The molecule has 108 valence electrons. The summed E-state index contributed by atoms with van der Waals surface area (Å²) in [7, 11) is 1.72. The van der Waals surface area contributed by atoms with Crippen molar-refractivity contribution in [2.24, 2.45) is 5.73 Å². The van der Waals surface area contributed by atoms with Crippen molar-refractivity contribution in [3.63, 3.8) is 0 Å². The van der Waals surface area contributed by atoms with Gasteiger partial charge < -0.3 is 20.7 Å². The van der Waals surface area contributed by atoms with Gasteiger partial charge in [0.15, 0.2) is 6.10 Å². The minimum absolute atomic E-state index is 0.121. The van der Waals surface area contributed by atoms with Crippen LogP contribution in [-0.4, -0.2) is 37.0 Å². The molecule has 1 unspecified atom stereocenters. The predicted octanol–water partition coefficient (Wildman–Crippen LogP) is 0.264. The van der Waals surface area contributed by atoms with E-state index in [1.807, 2.05) is 6.07 Å². The van der Waals surface area contributed by atoms with Crippen LogP contribution in [0.25, 0.3) is 0 Å². The molecule has 1 aliphatic heterocycles. The minimum atomic E-state index is -0.832. The number of hydrogen-bond donors (Lipinski definition) is 2. The molecule has 20 heavy (non-hydrogen) atoms. The third-order valence-corrected chi connectivity index (χ3v) is 3.50. The van der Waals surface area contributed by atoms with Crippen molar-refractivity contribution >= 4 is 17.5 Å². The Morgan fingerprint density at radius 2 is 2.05 bits per heavy atom. The van der Waals surface area contributed by atoms with Gasteiger partial charge >= 0.3 is 0 Å². The average Bonchev–Trinajstić information content (AvgIpc) is 2.45. The number of amides is 2. The van der Waals surface area contributed by atoms with Gasteiger partial charge in [-0.1, -0.05) is 12.1 Å². The number of para-hydroxylation sites is 2. The highest BCUT2D eigenvalue weighted by Gasteiger charge is 2.38. The van der Waals surface area contributed by atoms with Crippen molar-refractivity contribution in [3.05, 3.63) is 24.3 Å². The van der Waals surface area contributed by atoms with Gasteiger partial charge in [0.1, 0.15) is 5.75 Å². The second-order valence-corrected chi connectivity index (χ2v) is 5.27. The third kappa shape index (κ3) is 2.46. The monoisotopic (exact) mass is 277 g/mol. The molecule has 1 aromatic carbocycles. The molecule has 0 aliphatic carbocycles. The first-order chi connectivity index (χ1) is 9.36. The summed E-state index contributed by atoms with van der Waals surface area (Å²) in [4.78, 5) is 25.6. The molecule has 2 amide bonds. The largest absolute Gasteiger partial charge is 0.477 e. The van der Waals surface area contributed by atoms with E-state index in [9.17, 15) is 9.59 Å². The van der Waals surface area contributed by atoms with Crippen LogP contribution in [0.3, 0.4) is 0 Å². The van der Waals surface area contributed by atoms with Gasteiger partial charge in [0.05, 0.1) is 17.8 Å². The second kappa shape index (κ2) is 5.13. The minimum Gasteiger partial charge on any atom is -0.477 e. The van der Waals surface area contributed by atoms with Gasteiger partial charge in [-0.15, -0.1) is 0 Å². The van der Waals surface area contributed by atoms with E-state index in [2.05, 4.69) is 5.32 Å². The predicted molar refractivity (Wildman–Crippen MR) is 75.5 cm³/mol. The quantitative estimate of drug-likeness (QED) is 0.830. The number of nitrogens with one attached hydrogen (secondary N) is 1. The molecule has 2 rings (SSSR count). The van der Waals surface area contributed by atoms with Crippen LogP contribution in [0.15, 0.2) is 24.3 Å². The average molecular weight is 277 g/mol. The summed E-state index contributed by atoms with van der Waals surface area (Å²) >= 11 is 0. The number of likely N-dealkylation sites (N-methyl/N-ethyl adjacent to an activating group) is 1. The summed E-state index contributed by atoms with van der Waals surface area (Å²) in [5, 5.41) is 2.97. The number of anilines is 1. The molecular formula is C14H19N3O3. The number of hydrogen-bond acceptors (Lipinski definition) is 4. The van der Waals surface area contributed by atoms with Crippen LogP contribution >= 0.6 is 0 Å². The maximum absolute atomic E-state index is 12.6. The molecule has 1 aliphatic rings. The van der Waals surface area contributed by atoms with Gasteiger partial charge in [-0.2, -0.15) is 0 Å². The third-order valence-electron chi connectivity index (χ3n) is 3.50. The SMILES string of the molecule is CNC(C)(C)C(=O)N1CC(C(N)=O)Oc2ccccc21. The lowest BCUT2D eigenvalue weighted by Gasteiger charge is -2.37. The summed E-state index contributed by atoms with van der Waals surface area (Å²) in [6.45, 7) is 3.69. The Balaban J connectivity index is 2.41. The molecule has 0 spiro atoms. The lowest BCUT2D eigenvalue weighted by molar-refractivity contribution is -0.126. The molecule has 0 bridgehead atoms. The smallest absolute Gasteiger partial charge is 0.260 e. The van der Waals surface area contributed by atoms with Crippen molar-refractivity contribution in [3.8, 4) is 5.75 Å². The molecule has 1 atom stereocenters. The maximum Gasteiger partial charge on any atom is 0.260 e. The number of primary amides is 1. The molecule has 0 aromatic heterocycles. The molecule has 0 fully saturated rings. The number of nitrogens with two attached hydrogens (primary N) is 1. The molecule has 3 N–H and O–H groups in total. The van der Waals surface area contributed by atoms with E-state index in [0.717, 1.165) is 0 Å². The van der Waals surface area contributed by atoms with Crippen molar-refractivity contribution in [1.82, 2.24) is 5.32 Å². The fourth-order valence-electron chi connectivity index (χ4n) is 2.02. The van der Waals surface area contributed by atoms with Crippen molar-refractivity contribution in [2.45, 2.75) is 25.5 Å². The van der Waals surface area contributed by atoms with Gasteiger partial charge in [-0.25, -0.2) is 0 Å². The van der Waals surface area contributed by atoms with Crippen LogP contribution < -0.4 is 20.7 Å². The van der Waals surface area contributed by atoms with Crippen LogP contribution in [-0.2, 0) is 9.59 Å². The van der Waals surface area contributed by atoms with E-state index in [0.29, 0.717) is 11.4 Å². The Morgan fingerprint density at radius 1 is 1.40 bits per heavy atom. The molecular weight excluding hydrogens is 258 g/mol. The van der Waals surface area contributed by atoms with Crippen molar-refractivity contribution < 1.29 is 14.3 Å². The first-order valence-electron chi connectivity index (χ1n) is 6.42. The Kier molecular flexibility index (Phi) is 3.67. The Morgan fingerprint density at radius 3 is 2.65 bits per heavy atom. The molecule has 6 nitrogen and oxygen atoms in total. The molecule has 1 heterocycles. The zero-order chi connectivity index (χ0) is 14.9. The van der Waals surface area contributed by atoms with Gasteiger partial charge in [0.25, 0.3) is 5.91 Å². The fraction of sp³-hybridized carbons (Fsp3) is 0.429. The highest BCUT2D eigenvalue weighted by Crippen LogP contribution is 2.34. The standard InChI is InChI=1S/C14H19N3O3/c1-14(2,16-3)13(19)17-8-11(12(15)18)20-10-7-5-4-6-9(10)17/h4-7,11,16H,8H2,1-3H3,(H2,15,18). The van der Waals surface area contributed by atoms with Crippen LogP contribution in [0.2, 0.25) is 0 Å². The van der Waals surface area contributed by atoms with E-state index in [1.165, 1.54) is 0 Å². The number of carbonyl (C=O) groups is 2. The summed E-state index contributed by atoms with van der Waals surface area (Å²) in [5.41, 5.74) is 5.22. The zero-order valence-electron chi connectivity index (χ0n) is 11.8. The van der Waals surface area contributed by atoms with Crippen molar-refractivity contribution in [2.75, 3.05) is 18.5 Å². The van der Waals surface area contributed by atoms with Crippen LogP contribution in [0.5, 0.6) is 5.75 Å². The summed E-state index contributed by atoms with van der Waals surface area (Å²) < 4.78 is 5.53. The van der Waals surface area contributed by atoms with Gasteiger partial charge in [0, 0.05) is 0 Å². The highest BCUT2D eigenvalue weighted by molar-refractivity contribution is 6.02. The van der Waals surface area contributed by atoms with E-state index < -0.39 is 17.6 Å². The Labute approximate surface area is 117 Å². The molecule has 6 heteroatoms. The number of nitrogens with zero attached hydrogens (tertiary/aromatic N) is 1. The van der Waals surface area contributed by atoms with Crippen LogP contribution in [0, 0.1) is 0 Å². The molecule has 0 saturated heterocycles. The number of ether oxygens (including phenoxy) is 1. The van der Waals surface area contributed by atoms with E-state index in [4.69, 9.17) is 10.5 Å². The topological polar surface area (TPSA) is 84.7 Å². The lowest BCUT2D eigenvalue weighted by atomic mass is 10.0. The van der Waals surface area contributed by atoms with Crippen LogP contribution in [0.4, 0.5) is 5.69 Å². The maximum atomic E-state index is 12.6. The molecule has 0 radical (unpaired) electrons.